The van der Waals surface area contributed by atoms with Crippen LogP contribution in [0.1, 0.15) is 0 Å². The zero-order valence-corrected chi connectivity index (χ0v) is 28.2. The SMILES string of the molecule is O=C(SCCS(=O)(=O)[O-])SCCS(=O)(=O)O.O=C(SCCS(=O)(=O)[O-])SCCS(=O)(=O)O.[Na+].[Na+]. The number of rotatable bonds is 12. The Labute approximate surface area is 259 Å². The van der Waals surface area contributed by atoms with Crippen LogP contribution in [-0.2, 0) is 40.5 Å². The van der Waals surface area contributed by atoms with E-state index in [1.165, 1.54) is 0 Å². The fourth-order valence-electron chi connectivity index (χ4n) is 0.998. The monoisotopic (exact) mass is 664 g/mol. The van der Waals surface area contributed by atoms with Gasteiger partial charge in [-0.3, -0.25) is 18.7 Å². The van der Waals surface area contributed by atoms with Crippen molar-refractivity contribution in [2.75, 3.05) is 46.0 Å². The largest absolute Gasteiger partial charge is 1.00 e. The Hall–Kier alpha value is 2.38. The molecule has 0 aliphatic carbocycles. The van der Waals surface area contributed by atoms with Crippen LogP contribution < -0.4 is 59.1 Å². The number of hydrogen-bond acceptors (Lipinski definition) is 16. The molecule has 0 heterocycles. The minimum absolute atomic E-state index is 0. The molecule has 0 atom stereocenters. The summed E-state index contributed by atoms with van der Waals surface area (Å²) in [6.45, 7) is 0. The van der Waals surface area contributed by atoms with Gasteiger partial charge in [0.2, 0.25) is 8.89 Å². The van der Waals surface area contributed by atoms with Gasteiger partial charge in [-0.1, -0.05) is 47.0 Å². The van der Waals surface area contributed by atoms with Gasteiger partial charge in [0.25, 0.3) is 20.2 Å². The Balaban J connectivity index is -0.000000250. The van der Waals surface area contributed by atoms with Crippen molar-refractivity contribution in [1.82, 2.24) is 0 Å². The molecule has 0 amide bonds. The average Bonchev–Trinajstić information content (AvgIpc) is 2.50. The minimum Gasteiger partial charge on any atom is -0.748 e. The third kappa shape index (κ3) is 41.5. The molecule has 14 nitrogen and oxygen atoms in total. The molecule has 0 radical (unpaired) electrons. The van der Waals surface area contributed by atoms with Crippen molar-refractivity contribution in [3.05, 3.63) is 0 Å². The van der Waals surface area contributed by atoms with Crippen LogP contribution in [0.3, 0.4) is 0 Å². The quantitative estimate of drug-likeness (QED) is 0.145. The van der Waals surface area contributed by atoms with Crippen molar-refractivity contribution >= 4 is 96.4 Å². The van der Waals surface area contributed by atoms with E-state index in [9.17, 15) is 52.4 Å². The first kappa shape index (κ1) is 43.4. The number of hydrogen-bond donors (Lipinski definition) is 2. The fourth-order valence-corrected chi connectivity index (χ4v) is 7.98. The van der Waals surface area contributed by atoms with E-state index < -0.39 is 72.4 Å². The maximum absolute atomic E-state index is 11.0. The van der Waals surface area contributed by atoms with Gasteiger partial charge in [-0.15, -0.1) is 0 Å². The van der Waals surface area contributed by atoms with Crippen LogP contribution in [0.5, 0.6) is 0 Å². The van der Waals surface area contributed by atoms with Crippen molar-refractivity contribution in [1.29, 1.82) is 0 Å². The van der Waals surface area contributed by atoms with E-state index in [0.717, 1.165) is 0 Å². The van der Waals surface area contributed by atoms with Crippen LogP contribution >= 0.6 is 47.0 Å². The Morgan fingerprint density at radius 1 is 0.529 bits per heavy atom. The summed E-state index contributed by atoms with van der Waals surface area (Å²) in [4.78, 5) is 21.9. The molecule has 0 fully saturated rings. The van der Waals surface area contributed by atoms with Crippen LogP contribution in [0, 0.1) is 0 Å². The summed E-state index contributed by atoms with van der Waals surface area (Å²) in [5.41, 5.74) is 0. The van der Waals surface area contributed by atoms with Crippen LogP contribution in [0.2, 0.25) is 0 Å². The average molecular weight is 665 g/mol. The van der Waals surface area contributed by atoms with Gasteiger partial charge >= 0.3 is 59.1 Å². The van der Waals surface area contributed by atoms with Crippen molar-refractivity contribution in [2.24, 2.45) is 0 Å². The molecule has 0 saturated heterocycles. The first-order valence-electron chi connectivity index (χ1n) is 7.57. The summed E-state index contributed by atoms with van der Waals surface area (Å²) in [5.74, 6) is -2.96. The van der Waals surface area contributed by atoms with E-state index in [4.69, 9.17) is 9.11 Å². The molecule has 0 aromatic carbocycles. The van der Waals surface area contributed by atoms with E-state index >= 15 is 0 Å². The summed E-state index contributed by atoms with van der Waals surface area (Å²) in [5, 5.41) is 0. The third-order valence-electron chi connectivity index (χ3n) is 2.23. The molecule has 0 aliphatic heterocycles. The molecule has 0 unspecified atom stereocenters. The van der Waals surface area contributed by atoms with E-state index in [2.05, 4.69) is 0 Å². The molecule has 192 valence electrons. The first-order valence-corrected chi connectivity index (χ1v) is 17.9. The van der Waals surface area contributed by atoms with Gasteiger partial charge in [-0.05, 0) is 0 Å². The zero-order chi connectivity index (χ0) is 25.6. The molecule has 0 spiro atoms. The molecule has 0 aromatic heterocycles. The van der Waals surface area contributed by atoms with Gasteiger partial charge in [-0.2, -0.15) is 16.8 Å². The molecular weight excluding hydrogens is 647 g/mol. The molecule has 0 aliphatic rings. The molecule has 0 bridgehead atoms. The Morgan fingerprint density at radius 3 is 0.912 bits per heavy atom. The summed E-state index contributed by atoms with van der Waals surface area (Å²) < 4.78 is 118. The van der Waals surface area contributed by atoms with Crippen molar-refractivity contribution in [3.63, 3.8) is 0 Å². The molecule has 0 rings (SSSR count). The van der Waals surface area contributed by atoms with Crippen LogP contribution in [0.25, 0.3) is 0 Å². The molecule has 24 heteroatoms. The van der Waals surface area contributed by atoms with Crippen molar-refractivity contribution < 1.29 is 121 Å². The Kier molecular flexibility index (Phi) is 27.1. The predicted molar refractivity (Wildman–Crippen MR) is 123 cm³/mol. The van der Waals surface area contributed by atoms with Crippen LogP contribution in [-0.4, -0.2) is 107 Å². The van der Waals surface area contributed by atoms with E-state index in [1.807, 2.05) is 0 Å². The fraction of sp³-hybridized carbons (Fsp3) is 0.800. The van der Waals surface area contributed by atoms with Gasteiger partial charge in [-0.25, -0.2) is 16.8 Å². The Morgan fingerprint density at radius 2 is 0.735 bits per heavy atom. The maximum atomic E-state index is 11.0. The minimum atomic E-state index is -4.33. The maximum Gasteiger partial charge on any atom is 1.00 e. The van der Waals surface area contributed by atoms with Crippen molar-refractivity contribution in [2.45, 2.75) is 0 Å². The summed E-state index contributed by atoms with van der Waals surface area (Å²) in [6.07, 6.45) is 0. The third-order valence-corrected chi connectivity index (χ3v) is 10.1. The van der Waals surface area contributed by atoms with Gasteiger partial charge in [0.1, 0.15) is 0 Å². The summed E-state index contributed by atoms with van der Waals surface area (Å²) >= 11 is 2.53. The summed E-state index contributed by atoms with van der Waals surface area (Å²) in [7, 11) is -16.8. The number of thioether (sulfide) groups is 4. The molecule has 34 heavy (non-hydrogen) atoms. The van der Waals surface area contributed by atoms with Crippen LogP contribution in [0.4, 0.5) is 9.59 Å². The second kappa shape index (κ2) is 21.2. The number of carbonyl (C=O) groups is 2. The normalized spacial score (nSPS) is 11.9. The Bertz CT molecular complexity index is 858. The van der Waals surface area contributed by atoms with Gasteiger partial charge in [0.05, 0.1) is 31.7 Å². The van der Waals surface area contributed by atoms with E-state index in [0.29, 0.717) is 47.0 Å². The molecule has 0 aromatic rings. The van der Waals surface area contributed by atoms with Gasteiger partial charge in [0.15, 0.2) is 0 Å². The molecule has 2 N–H and O–H groups in total. The zero-order valence-electron chi connectivity index (χ0n) is 17.7. The van der Waals surface area contributed by atoms with E-state index in [-0.39, 0.29) is 82.1 Å². The van der Waals surface area contributed by atoms with Gasteiger partial charge < -0.3 is 9.11 Å². The second-order valence-corrected chi connectivity index (χ2v) is 16.0. The van der Waals surface area contributed by atoms with E-state index in [1.54, 1.807) is 0 Å². The summed E-state index contributed by atoms with van der Waals surface area (Å²) in [6, 6.07) is 0. The topological polar surface area (TPSA) is 257 Å². The second-order valence-electron chi connectivity index (χ2n) is 4.99. The van der Waals surface area contributed by atoms with Crippen LogP contribution in [0.15, 0.2) is 0 Å². The first-order chi connectivity index (χ1) is 14.2. The van der Waals surface area contributed by atoms with Gasteiger partial charge in [0, 0.05) is 34.5 Å². The standard InChI is InChI=1S/2C5H10O7S4.2Na/c2*6-5(13-1-3-15(7,8)9)14-2-4-16(10,11)12;;/h2*1-4H2,(H,7,8,9)(H,10,11,12);;/q;;2*+1/p-2. The number of carbonyl (C=O) groups excluding carboxylic acids is 2. The smallest absolute Gasteiger partial charge is 0.748 e. The molecule has 0 saturated carbocycles. The van der Waals surface area contributed by atoms with Crippen molar-refractivity contribution in [3.8, 4) is 0 Å². The molecular formula is C10H18Na2O14S8. The predicted octanol–water partition coefficient (Wildman–Crippen LogP) is -5.98.